The third-order valence-electron chi connectivity index (χ3n) is 3.30. The van der Waals surface area contributed by atoms with Gasteiger partial charge in [-0.3, -0.25) is 19.5 Å². The van der Waals surface area contributed by atoms with E-state index >= 15 is 0 Å². The zero-order valence-corrected chi connectivity index (χ0v) is 12.0. The largest absolute Gasteiger partial charge is 0.457 e. The topological polar surface area (TPSA) is 59.0 Å². The fourth-order valence-corrected chi connectivity index (χ4v) is 2.21. The lowest BCUT2D eigenvalue weighted by molar-refractivity contribution is -0.141. The second-order valence-electron chi connectivity index (χ2n) is 4.87. The zero-order valence-electron chi connectivity index (χ0n) is 12.0. The molecule has 1 aliphatic heterocycles. The van der Waals surface area contributed by atoms with Crippen molar-refractivity contribution in [3.8, 4) is 11.5 Å². The van der Waals surface area contributed by atoms with E-state index in [-0.39, 0.29) is 6.54 Å². The van der Waals surface area contributed by atoms with Crippen LogP contribution in [0.25, 0.3) is 0 Å². The van der Waals surface area contributed by atoms with Crippen LogP contribution in [0.5, 0.6) is 11.5 Å². The van der Waals surface area contributed by atoms with Crippen molar-refractivity contribution >= 4 is 17.5 Å². The van der Waals surface area contributed by atoms with Crippen LogP contribution in [0.4, 0.5) is 0 Å². The molecule has 0 saturated heterocycles. The zero-order chi connectivity index (χ0) is 15.5. The van der Waals surface area contributed by atoms with Gasteiger partial charge in [-0.15, -0.1) is 0 Å². The first-order valence-electron chi connectivity index (χ1n) is 6.84. The second-order valence-corrected chi connectivity index (χ2v) is 4.87. The van der Waals surface area contributed by atoms with Crippen LogP contribution >= 0.6 is 0 Å². The molecule has 22 heavy (non-hydrogen) atoms. The lowest BCUT2D eigenvalue weighted by atomic mass is 10.1. The van der Waals surface area contributed by atoms with E-state index < -0.39 is 11.7 Å². The maximum Gasteiger partial charge on any atom is 0.297 e. The molecule has 2 aromatic rings. The number of carbonyl (C=O) groups excluding carboxylic acids is 2. The summed E-state index contributed by atoms with van der Waals surface area (Å²) in [5, 5.41) is 0. The highest BCUT2D eigenvalue weighted by Crippen LogP contribution is 2.23. The Hall–Kier alpha value is -2.95. The number of likely N-dealkylation sites (N-methyl/N-ethyl adjacent to an activating group) is 1. The lowest BCUT2D eigenvalue weighted by Crippen LogP contribution is -2.43. The number of amidine groups is 1. The second kappa shape index (κ2) is 5.81. The summed E-state index contributed by atoms with van der Waals surface area (Å²) in [6, 6.07) is 16.7. The van der Waals surface area contributed by atoms with Crippen LogP contribution in [0.15, 0.2) is 59.6 Å². The van der Waals surface area contributed by atoms with Gasteiger partial charge in [0.2, 0.25) is 5.78 Å². The van der Waals surface area contributed by atoms with Crippen LogP contribution in [0, 0.1) is 0 Å². The van der Waals surface area contributed by atoms with Gasteiger partial charge < -0.3 is 4.74 Å². The number of ketones is 1. The van der Waals surface area contributed by atoms with Crippen LogP contribution in [-0.2, 0) is 9.59 Å². The van der Waals surface area contributed by atoms with Gasteiger partial charge in [-0.25, -0.2) is 0 Å². The number of benzene rings is 2. The Labute approximate surface area is 127 Å². The van der Waals surface area contributed by atoms with E-state index in [4.69, 9.17) is 4.74 Å². The average molecular weight is 294 g/mol. The number of hydrogen-bond donors (Lipinski definition) is 0. The number of ether oxygens (including phenoxy) is 1. The molecule has 0 N–H and O–H groups in total. The minimum absolute atomic E-state index is 0.109. The summed E-state index contributed by atoms with van der Waals surface area (Å²) in [4.78, 5) is 28.6. The Bertz CT molecular complexity index is 754. The quantitative estimate of drug-likeness (QED) is 0.816. The van der Waals surface area contributed by atoms with Crippen molar-refractivity contribution in [2.24, 2.45) is 4.99 Å². The highest BCUT2D eigenvalue weighted by atomic mass is 16.5. The van der Waals surface area contributed by atoms with Crippen molar-refractivity contribution in [3.05, 3.63) is 60.2 Å². The number of rotatable bonds is 3. The maximum absolute atomic E-state index is 11.7. The number of hydrogen-bond acceptors (Lipinski definition) is 4. The van der Waals surface area contributed by atoms with Gasteiger partial charge in [-0.2, -0.15) is 0 Å². The molecule has 3 rings (SSSR count). The molecule has 2 aromatic carbocycles. The Kier molecular flexibility index (Phi) is 3.70. The number of amides is 1. The molecular weight excluding hydrogens is 280 g/mol. The SMILES string of the molecule is CN1C(=O)C(=O)CN=C1c1cccc(Oc2ccccc2)c1. The van der Waals surface area contributed by atoms with Crippen molar-refractivity contribution in [3.63, 3.8) is 0 Å². The van der Waals surface area contributed by atoms with Crippen molar-refractivity contribution < 1.29 is 14.3 Å². The van der Waals surface area contributed by atoms with Gasteiger partial charge >= 0.3 is 0 Å². The summed E-state index contributed by atoms with van der Waals surface area (Å²) in [6.45, 7) is -0.109. The van der Waals surface area contributed by atoms with Crippen LogP contribution in [0.3, 0.4) is 0 Å². The van der Waals surface area contributed by atoms with E-state index in [0.717, 1.165) is 11.3 Å². The third kappa shape index (κ3) is 2.74. The standard InChI is InChI=1S/C17H14N2O3/c1-19-16(18-11-15(20)17(19)21)12-6-5-9-14(10-12)22-13-7-3-2-4-8-13/h2-10H,11H2,1H3. The number of nitrogens with zero attached hydrogens (tertiary/aromatic N) is 2. The smallest absolute Gasteiger partial charge is 0.297 e. The molecule has 0 fully saturated rings. The highest BCUT2D eigenvalue weighted by Gasteiger charge is 2.27. The Morgan fingerprint density at radius 2 is 1.73 bits per heavy atom. The first kappa shape index (κ1) is 14.0. The molecule has 1 amide bonds. The Balaban J connectivity index is 1.88. The molecule has 0 unspecified atom stereocenters. The fourth-order valence-electron chi connectivity index (χ4n) is 2.21. The van der Waals surface area contributed by atoms with Crippen molar-refractivity contribution in [2.45, 2.75) is 0 Å². The summed E-state index contributed by atoms with van der Waals surface area (Å²) < 4.78 is 5.77. The molecule has 0 saturated carbocycles. The first-order chi connectivity index (χ1) is 10.6. The molecule has 5 heteroatoms. The Morgan fingerprint density at radius 3 is 2.50 bits per heavy atom. The van der Waals surface area contributed by atoms with E-state index in [9.17, 15) is 9.59 Å². The number of carbonyl (C=O) groups is 2. The minimum Gasteiger partial charge on any atom is -0.457 e. The van der Waals surface area contributed by atoms with Gasteiger partial charge in [0.1, 0.15) is 23.9 Å². The molecule has 0 atom stereocenters. The molecule has 110 valence electrons. The molecular formula is C17H14N2O3. The molecule has 0 radical (unpaired) electrons. The van der Waals surface area contributed by atoms with Gasteiger partial charge in [0, 0.05) is 12.6 Å². The number of para-hydroxylation sites is 1. The van der Waals surface area contributed by atoms with Crippen molar-refractivity contribution in [1.29, 1.82) is 0 Å². The molecule has 0 spiro atoms. The van der Waals surface area contributed by atoms with Crippen LogP contribution in [0.2, 0.25) is 0 Å². The number of aliphatic imine (C=N–C) groups is 1. The van der Waals surface area contributed by atoms with E-state index in [0.29, 0.717) is 11.6 Å². The highest BCUT2D eigenvalue weighted by molar-refractivity contribution is 6.42. The van der Waals surface area contributed by atoms with Crippen molar-refractivity contribution in [2.75, 3.05) is 13.6 Å². The summed E-state index contributed by atoms with van der Waals surface area (Å²) >= 11 is 0. The van der Waals surface area contributed by atoms with Crippen LogP contribution < -0.4 is 4.74 Å². The predicted molar refractivity (Wildman–Crippen MR) is 82.1 cm³/mol. The number of Topliss-reactive ketones (excluding diaryl/α,β-unsaturated/α-hetero) is 1. The molecule has 5 nitrogen and oxygen atoms in total. The van der Waals surface area contributed by atoms with E-state index in [1.54, 1.807) is 13.1 Å². The maximum atomic E-state index is 11.7. The van der Waals surface area contributed by atoms with Crippen LogP contribution in [-0.4, -0.2) is 36.0 Å². The molecule has 0 bridgehead atoms. The fraction of sp³-hybridized carbons (Fsp3) is 0.118. The lowest BCUT2D eigenvalue weighted by Gasteiger charge is -2.22. The molecule has 1 heterocycles. The molecule has 1 aliphatic rings. The summed E-state index contributed by atoms with van der Waals surface area (Å²) in [7, 11) is 1.54. The average Bonchev–Trinajstić information content (AvgIpc) is 2.54. The van der Waals surface area contributed by atoms with E-state index in [2.05, 4.69) is 4.99 Å². The minimum atomic E-state index is -0.542. The summed E-state index contributed by atoms with van der Waals surface area (Å²) in [6.07, 6.45) is 0. The Morgan fingerprint density at radius 1 is 1.00 bits per heavy atom. The molecule has 0 aliphatic carbocycles. The van der Waals surface area contributed by atoms with Gasteiger partial charge in [-0.1, -0.05) is 30.3 Å². The van der Waals surface area contributed by atoms with E-state index in [1.165, 1.54) is 4.90 Å². The monoisotopic (exact) mass is 294 g/mol. The van der Waals surface area contributed by atoms with Gasteiger partial charge in [0.05, 0.1) is 0 Å². The normalized spacial score (nSPS) is 14.8. The third-order valence-corrected chi connectivity index (χ3v) is 3.30. The summed E-state index contributed by atoms with van der Waals surface area (Å²) in [5.74, 6) is 0.805. The van der Waals surface area contributed by atoms with Gasteiger partial charge in [0.25, 0.3) is 5.91 Å². The van der Waals surface area contributed by atoms with Gasteiger partial charge in [0.15, 0.2) is 0 Å². The van der Waals surface area contributed by atoms with Crippen LogP contribution in [0.1, 0.15) is 5.56 Å². The first-order valence-corrected chi connectivity index (χ1v) is 6.84. The molecule has 0 aromatic heterocycles. The van der Waals surface area contributed by atoms with Crippen molar-refractivity contribution in [1.82, 2.24) is 4.90 Å². The predicted octanol–water partition coefficient (Wildman–Crippen LogP) is 2.27. The van der Waals surface area contributed by atoms with Gasteiger partial charge in [-0.05, 0) is 24.3 Å². The summed E-state index contributed by atoms with van der Waals surface area (Å²) in [5.41, 5.74) is 0.733. The van der Waals surface area contributed by atoms with E-state index in [1.807, 2.05) is 48.5 Å².